The van der Waals surface area contributed by atoms with Gasteiger partial charge in [-0.2, -0.15) is 0 Å². The molecule has 7 atom stereocenters. The molecule has 0 amide bonds. The molecule has 0 spiro atoms. The van der Waals surface area contributed by atoms with Gasteiger partial charge in [-0.25, -0.2) is 0 Å². The monoisotopic (exact) mass is 474 g/mol. The number of hydrogen-bond donors (Lipinski definition) is 3. The molecule has 0 saturated heterocycles. The van der Waals surface area contributed by atoms with Crippen molar-refractivity contribution in [3.05, 3.63) is 35.5 Å². The lowest BCUT2D eigenvalue weighted by molar-refractivity contribution is -0.150. The van der Waals surface area contributed by atoms with Gasteiger partial charge in [0.05, 0.1) is 17.8 Å². The van der Waals surface area contributed by atoms with Gasteiger partial charge in [0.1, 0.15) is 6.10 Å². The zero-order valence-corrected chi connectivity index (χ0v) is 21.8. The molecule has 3 aliphatic rings. The van der Waals surface area contributed by atoms with Crippen LogP contribution in [0.4, 0.5) is 0 Å². The highest BCUT2D eigenvalue weighted by Gasteiger charge is 2.56. The summed E-state index contributed by atoms with van der Waals surface area (Å²) in [5.74, 6) is 0.807. The standard InChI is InChI=1S/C29H46O5/c1-18(9-7-13-28(4,5)33)27-26(34-20(3)30)17-24-21(10-8-14-29(24,27)6)11-12-22-15-23(31)16-25(32)19(22)2/h11-12,18,23-27,31-33H,2,7-10,13-17H2,1,3-6H3/t18-,23-,24+,25+,26-,27+,29+/m1/s1. The summed E-state index contributed by atoms with van der Waals surface area (Å²) >= 11 is 0. The van der Waals surface area contributed by atoms with Crippen molar-refractivity contribution < 1.29 is 24.9 Å². The summed E-state index contributed by atoms with van der Waals surface area (Å²) in [5, 5.41) is 30.4. The van der Waals surface area contributed by atoms with E-state index in [1.54, 1.807) is 0 Å². The summed E-state index contributed by atoms with van der Waals surface area (Å²) < 4.78 is 5.93. The molecule has 5 nitrogen and oxygen atoms in total. The number of fused-ring (bicyclic) bond motifs is 1. The first-order chi connectivity index (χ1) is 15.8. The normalized spacial score (nSPS) is 37.6. The van der Waals surface area contributed by atoms with Crippen LogP contribution in [0.1, 0.15) is 92.4 Å². The molecule has 0 heterocycles. The Kier molecular flexibility index (Phi) is 8.53. The van der Waals surface area contributed by atoms with E-state index in [1.165, 1.54) is 12.5 Å². The summed E-state index contributed by atoms with van der Waals surface area (Å²) in [5.41, 5.74) is 2.42. The number of aliphatic hydroxyl groups is 3. The second-order valence-electron chi connectivity index (χ2n) is 12.1. The van der Waals surface area contributed by atoms with Crippen LogP contribution in [0.25, 0.3) is 0 Å². The van der Waals surface area contributed by atoms with Crippen LogP contribution in [0.3, 0.4) is 0 Å². The average molecular weight is 475 g/mol. The van der Waals surface area contributed by atoms with Crippen LogP contribution in [0, 0.1) is 23.2 Å². The molecule has 3 aliphatic carbocycles. The van der Waals surface area contributed by atoms with Gasteiger partial charge in [0, 0.05) is 19.3 Å². The van der Waals surface area contributed by atoms with E-state index in [4.69, 9.17) is 4.74 Å². The first-order valence-electron chi connectivity index (χ1n) is 13.2. The quantitative estimate of drug-likeness (QED) is 0.439. The number of carbonyl (C=O) groups is 1. The van der Waals surface area contributed by atoms with E-state index in [2.05, 4.69) is 32.6 Å². The van der Waals surface area contributed by atoms with Crippen LogP contribution in [-0.2, 0) is 9.53 Å². The molecule has 192 valence electrons. The van der Waals surface area contributed by atoms with E-state index < -0.39 is 17.8 Å². The summed E-state index contributed by atoms with van der Waals surface area (Å²) in [6, 6.07) is 0. The molecule has 3 saturated carbocycles. The van der Waals surface area contributed by atoms with Crippen LogP contribution in [-0.4, -0.2) is 45.2 Å². The predicted octanol–water partition coefficient (Wildman–Crippen LogP) is 5.25. The van der Waals surface area contributed by atoms with Gasteiger partial charge in [-0.1, -0.05) is 51.0 Å². The lowest BCUT2D eigenvalue weighted by Gasteiger charge is -2.44. The fourth-order valence-electron chi connectivity index (χ4n) is 7.12. The number of aliphatic hydroxyl groups excluding tert-OH is 2. The minimum Gasteiger partial charge on any atom is -0.462 e. The van der Waals surface area contributed by atoms with E-state index in [9.17, 15) is 20.1 Å². The number of allylic oxidation sites excluding steroid dienone is 3. The summed E-state index contributed by atoms with van der Waals surface area (Å²) in [4.78, 5) is 12.0. The Morgan fingerprint density at radius 2 is 2.00 bits per heavy atom. The van der Waals surface area contributed by atoms with Crippen LogP contribution in [0.2, 0.25) is 0 Å². The second kappa shape index (κ2) is 10.7. The Morgan fingerprint density at radius 3 is 2.65 bits per heavy atom. The van der Waals surface area contributed by atoms with Crippen molar-refractivity contribution in [2.24, 2.45) is 23.2 Å². The fourth-order valence-corrected chi connectivity index (χ4v) is 7.12. The largest absolute Gasteiger partial charge is 0.462 e. The molecule has 34 heavy (non-hydrogen) atoms. The van der Waals surface area contributed by atoms with Crippen molar-refractivity contribution in [1.29, 1.82) is 0 Å². The molecule has 0 bridgehead atoms. The van der Waals surface area contributed by atoms with Crippen LogP contribution in [0.15, 0.2) is 35.5 Å². The molecule has 0 aromatic rings. The maximum atomic E-state index is 12.0. The minimum absolute atomic E-state index is 0.0550. The van der Waals surface area contributed by atoms with Crippen LogP contribution >= 0.6 is 0 Å². The number of carbonyl (C=O) groups excluding carboxylic acids is 1. The van der Waals surface area contributed by atoms with Crippen molar-refractivity contribution in [2.45, 2.75) is 116 Å². The SMILES string of the molecule is C=C1C(=CC=C2CCC[C@]3(C)[C@@H]([C@H](C)CCCC(C)(C)O)[C@H](OC(C)=O)C[C@@H]23)C[C@@H](O)C[C@@H]1O. The van der Waals surface area contributed by atoms with Gasteiger partial charge in [-0.3, -0.25) is 4.79 Å². The zero-order valence-electron chi connectivity index (χ0n) is 21.8. The van der Waals surface area contributed by atoms with Gasteiger partial charge < -0.3 is 20.1 Å². The number of ether oxygens (including phenoxy) is 1. The van der Waals surface area contributed by atoms with Crippen molar-refractivity contribution in [2.75, 3.05) is 0 Å². The van der Waals surface area contributed by atoms with Crippen molar-refractivity contribution in [3.63, 3.8) is 0 Å². The zero-order chi connectivity index (χ0) is 25.3. The third-order valence-corrected chi connectivity index (χ3v) is 8.70. The highest BCUT2D eigenvalue weighted by atomic mass is 16.5. The van der Waals surface area contributed by atoms with Crippen molar-refractivity contribution >= 4 is 5.97 Å². The van der Waals surface area contributed by atoms with Crippen LogP contribution < -0.4 is 0 Å². The topological polar surface area (TPSA) is 87.0 Å². The summed E-state index contributed by atoms with van der Waals surface area (Å²) in [6.07, 6.45) is 10.6. The van der Waals surface area contributed by atoms with Gasteiger partial charge in [0.25, 0.3) is 0 Å². The summed E-state index contributed by atoms with van der Waals surface area (Å²) in [7, 11) is 0. The van der Waals surface area contributed by atoms with Crippen molar-refractivity contribution in [1.82, 2.24) is 0 Å². The molecule has 5 heteroatoms. The van der Waals surface area contributed by atoms with Crippen LogP contribution in [0.5, 0.6) is 0 Å². The fraction of sp³-hybridized carbons (Fsp3) is 0.759. The highest BCUT2D eigenvalue weighted by Crippen LogP contribution is 2.60. The van der Waals surface area contributed by atoms with E-state index in [1.807, 2.05) is 13.8 Å². The van der Waals surface area contributed by atoms with Gasteiger partial charge in [0.15, 0.2) is 0 Å². The first-order valence-corrected chi connectivity index (χ1v) is 13.2. The van der Waals surface area contributed by atoms with Crippen molar-refractivity contribution in [3.8, 4) is 0 Å². The molecule has 0 radical (unpaired) electrons. The number of rotatable bonds is 7. The smallest absolute Gasteiger partial charge is 0.302 e. The molecule has 0 aromatic carbocycles. The molecule has 0 aromatic heterocycles. The predicted molar refractivity (Wildman–Crippen MR) is 135 cm³/mol. The molecule has 3 fully saturated rings. The number of hydrogen-bond acceptors (Lipinski definition) is 5. The Hall–Kier alpha value is -1.43. The Balaban J connectivity index is 1.85. The lowest BCUT2D eigenvalue weighted by Crippen LogP contribution is -2.39. The maximum absolute atomic E-state index is 12.0. The molecular formula is C29H46O5. The minimum atomic E-state index is -0.682. The van der Waals surface area contributed by atoms with E-state index in [0.29, 0.717) is 30.3 Å². The van der Waals surface area contributed by atoms with E-state index >= 15 is 0 Å². The van der Waals surface area contributed by atoms with Gasteiger partial charge >= 0.3 is 5.97 Å². The third kappa shape index (κ3) is 6.22. The van der Waals surface area contributed by atoms with E-state index in [0.717, 1.165) is 50.5 Å². The summed E-state index contributed by atoms with van der Waals surface area (Å²) in [6.45, 7) is 13.9. The third-order valence-electron chi connectivity index (χ3n) is 8.70. The molecule has 3 N–H and O–H groups in total. The maximum Gasteiger partial charge on any atom is 0.302 e. The van der Waals surface area contributed by atoms with Gasteiger partial charge in [0.2, 0.25) is 0 Å². The van der Waals surface area contributed by atoms with E-state index in [-0.39, 0.29) is 23.4 Å². The number of esters is 1. The van der Waals surface area contributed by atoms with Gasteiger partial charge in [-0.05, 0) is 80.8 Å². The Labute approximate surface area is 206 Å². The lowest BCUT2D eigenvalue weighted by atomic mass is 9.60. The first kappa shape index (κ1) is 27.2. The highest BCUT2D eigenvalue weighted by molar-refractivity contribution is 5.66. The molecular weight excluding hydrogens is 428 g/mol. The Bertz CT molecular complexity index is 819. The average Bonchev–Trinajstić information content (AvgIpc) is 2.99. The molecule has 0 aliphatic heterocycles. The van der Waals surface area contributed by atoms with Gasteiger partial charge in [-0.15, -0.1) is 0 Å². The molecule has 0 unspecified atom stereocenters. The second-order valence-corrected chi connectivity index (χ2v) is 12.1. The Morgan fingerprint density at radius 1 is 1.29 bits per heavy atom. The molecule has 3 rings (SSSR count).